The molecule has 0 aliphatic heterocycles. The molecule has 5 heteroatoms. The number of fused-ring (bicyclic) bond motifs is 1. The first-order chi connectivity index (χ1) is 9.38. The third kappa shape index (κ3) is 3.23. The first kappa shape index (κ1) is 14.2. The molecule has 20 heavy (non-hydrogen) atoms. The first-order valence-corrected chi connectivity index (χ1v) is 6.63. The van der Waals surface area contributed by atoms with Gasteiger partial charge < -0.3 is 5.32 Å². The number of nitro groups is 1. The van der Waals surface area contributed by atoms with Crippen molar-refractivity contribution in [2.24, 2.45) is 5.41 Å². The Kier molecular flexibility index (Phi) is 3.88. The van der Waals surface area contributed by atoms with Gasteiger partial charge in [0.25, 0.3) is 5.69 Å². The second-order valence-electron chi connectivity index (χ2n) is 6.05. The van der Waals surface area contributed by atoms with Gasteiger partial charge >= 0.3 is 0 Å². The lowest BCUT2D eigenvalue weighted by molar-refractivity contribution is -0.383. The molecule has 1 N–H and O–H groups in total. The molecular formula is C15H19N3O2. The number of hydrogen-bond donors (Lipinski definition) is 1. The summed E-state index contributed by atoms with van der Waals surface area (Å²) in [5.74, 6) is 0. The average Bonchev–Trinajstić information content (AvgIpc) is 2.37. The van der Waals surface area contributed by atoms with Gasteiger partial charge in [-0.3, -0.25) is 15.1 Å². The highest BCUT2D eigenvalue weighted by Gasteiger charge is 2.15. The van der Waals surface area contributed by atoms with Crippen LogP contribution in [0.1, 0.15) is 27.2 Å². The lowest BCUT2D eigenvalue weighted by atomic mass is 9.92. The van der Waals surface area contributed by atoms with E-state index in [0.717, 1.165) is 24.0 Å². The van der Waals surface area contributed by atoms with Gasteiger partial charge in [-0.05, 0) is 24.0 Å². The van der Waals surface area contributed by atoms with Crippen molar-refractivity contribution in [2.75, 3.05) is 11.9 Å². The Morgan fingerprint density at radius 1 is 1.25 bits per heavy atom. The van der Waals surface area contributed by atoms with Crippen LogP contribution in [-0.2, 0) is 0 Å². The van der Waals surface area contributed by atoms with E-state index in [-0.39, 0.29) is 16.0 Å². The number of nitrogens with zero attached hydrogens (tertiary/aromatic N) is 2. The quantitative estimate of drug-likeness (QED) is 0.675. The van der Waals surface area contributed by atoms with Gasteiger partial charge in [-0.2, -0.15) is 0 Å². The van der Waals surface area contributed by atoms with Crippen molar-refractivity contribution >= 4 is 22.1 Å². The van der Waals surface area contributed by atoms with E-state index in [1.54, 1.807) is 18.5 Å². The first-order valence-electron chi connectivity index (χ1n) is 6.63. The van der Waals surface area contributed by atoms with Gasteiger partial charge in [-0.25, -0.2) is 0 Å². The largest absolute Gasteiger partial charge is 0.385 e. The summed E-state index contributed by atoms with van der Waals surface area (Å²) in [6, 6.07) is 5.11. The van der Waals surface area contributed by atoms with Crippen LogP contribution in [0.3, 0.4) is 0 Å². The maximum Gasteiger partial charge on any atom is 0.278 e. The summed E-state index contributed by atoms with van der Waals surface area (Å²) >= 11 is 0. The number of nitro benzene ring substituents is 1. The molecule has 1 aromatic heterocycles. The fourth-order valence-corrected chi connectivity index (χ4v) is 2.06. The van der Waals surface area contributed by atoms with Gasteiger partial charge in [-0.1, -0.05) is 20.8 Å². The van der Waals surface area contributed by atoms with E-state index in [0.29, 0.717) is 5.39 Å². The fourth-order valence-electron chi connectivity index (χ4n) is 2.06. The monoisotopic (exact) mass is 273 g/mol. The predicted molar refractivity (Wildman–Crippen MR) is 81.0 cm³/mol. The van der Waals surface area contributed by atoms with Crippen LogP contribution in [0.2, 0.25) is 0 Å². The van der Waals surface area contributed by atoms with Gasteiger partial charge in [0.1, 0.15) is 0 Å². The topological polar surface area (TPSA) is 68.1 Å². The summed E-state index contributed by atoms with van der Waals surface area (Å²) in [6.07, 6.45) is 4.22. The average molecular weight is 273 g/mol. The van der Waals surface area contributed by atoms with Crippen LogP contribution in [0, 0.1) is 15.5 Å². The van der Waals surface area contributed by atoms with Crippen LogP contribution >= 0.6 is 0 Å². The minimum atomic E-state index is -0.372. The Labute approximate surface area is 118 Å². The number of rotatable bonds is 4. The summed E-state index contributed by atoms with van der Waals surface area (Å²) < 4.78 is 0. The highest BCUT2D eigenvalue weighted by atomic mass is 16.6. The van der Waals surface area contributed by atoms with E-state index in [1.165, 1.54) is 6.07 Å². The molecule has 0 fully saturated rings. The van der Waals surface area contributed by atoms with Crippen molar-refractivity contribution in [2.45, 2.75) is 27.2 Å². The summed E-state index contributed by atoms with van der Waals surface area (Å²) in [5, 5.41) is 15.8. The molecule has 2 rings (SSSR count). The number of anilines is 1. The Morgan fingerprint density at radius 3 is 2.65 bits per heavy atom. The fraction of sp³-hybridized carbons (Fsp3) is 0.400. The second kappa shape index (κ2) is 5.45. The normalized spacial score (nSPS) is 11.6. The minimum Gasteiger partial charge on any atom is -0.385 e. The van der Waals surface area contributed by atoms with E-state index in [2.05, 4.69) is 31.1 Å². The molecule has 0 spiro atoms. The summed E-state index contributed by atoms with van der Waals surface area (Å²) in [4.78, 5) is 14.6. The van der Waals surface area contributed by atoms with Gasteiger partial charge in [0.15, 0.2) is 0 Å². The third-order valence-corrected chi connectivity index (χ3v) is 3.18. The Hall–Kier alpha value is -2.17. The van der Waals surface area contributed by atoms with Gasteiger partial charge in [0.2, 0.25) is 0 Å². The molecule has 0 radical (unpaired) electrons. The summed E-state index contributed by atoms with van der Waals surface area (Å²) in [7, 11) is 0. The van der Waals surface area contributed by atoms with Crippen molar-refractivity contribution in [3.05, 3.63) is 40.7 Å². The molecule has 0 saturated carbocycles. The lowest BCUT2D eigenvalue weighted by Crippen LogP contribution is -2.13. The zero-order valence-electron chi connectivity index (χ0n) is 12.0. The molecule has 0 atom stereocenters. The smallest absolute Gasteiger partial charge is 0.278 e. The lowest BCUT2D eigenvalue weighted by Gasteiger charge is -2.19. The van der Waals surface area contributed by atoms with E-state index >= 15 is 0 Å². The highest BCUT2D eigenvalue weighted by Crippen LogP contribution is 2.31. The maximum atomic E-state index is 11.0. The number of non-ortho nitro benzene ring substituents is 1. The Balaban J connectivity index is 2.31. The molecule has 1 heterocycles. The zero-order chi connectivity index (χ0) is 14.8. The van der Waals surface area contributed by atoms with Crippen molar-refractivity contribution in [1.29, 1.82) is 0 Å². The molecule has 0 amide bonds. The standard InChI is InChI=1S/C15H19N3O2/c1-15(2,3)7-9-17-13-4-5-14(18(19)20)12-10-16-8-6-11(12)13/h4-6,8,10,17H,7,9H2,1-3H3. The third-order valence-electron chi connectivity index (χ3n) is 3.18. The van der Waals surface area contributed by atoms with Crippen molar-refractivity contribution in [1.82, 2.24) is 4.98 Å². The molecular weight excluding hydrogens is 254 g/mol. The number of aromatic nitrogens is 1. The number of hydrogen-bond acceptors (Lipinski definition) is 4. The summed E-state index contributed by atoms with van der Waals surface area (Å²) in [6.45, 7) is 7.39. The molecule has 1 aromatic carbocycles. The van der Waals surface area contributed by atoms with E-state index in [1.807, 2.05) is 6.07 Å². The molecule has 0 saturated heterocycles. The summed E-state index contributed by atoms with van der Waals surface area (Å²) in [5.41, 5.74) is 1.26. The minimum absolute atomic E-state index is 0.0921. The van der Waals surface area contributed by atoms with E-state index in [9.17, 15) is 10.1 Å². The Morgan fingerprint density at radius 2 is 2.00 bits per heavy atom. The van der Waals surface area contributed by atoms with Crippen molar-refractivity contribution < 1.29 is 4.92 Å². The van der Waals surface area contributed by atoms with E-state index in [4.69, 9.17) is 0 Å². The number of nitrogens with one attached hydrogen (secondary N) is 1. The van der Waals surface area contributed by atoms with Crippen LogP contribution in [-0.4, -0.2) is 16.5 Å². The number of benzene rings is 1. The van der Waals surface area contributed by atoms with Gasteiger partial charge in [0.05, 0.1) is 10.3 Å². The molecule has 0 aliphatic rings. The van der Waals surface area contributed by atoms with Gasteiger partial charge in [-0.15, -0.1) is 0 Å². The zero-order valence-corrected chi connectivity index (χ0v) is 12.0. The van der Waals surface area contributed by atoms with Crippen LogP contribution in [0.15, 0.2) is 30.6 Å². The van der Waals surface area contributed by atoms with Crippen molar-refractivity contribution in [3.63, 3.8) is 0 Å². The van der Waals surface area contributed by atoms with Crippen LogP contribution in [0.25, 0.3) is 10.8 Å². The molecule has 5 nitrogen and oxygen atoms in total. The van der Waals surface area contributed by atoms with Crippen LogP contribution in [0.4, 0.5) is 11.4 Å². The van der Waals surface area contributed by atoms with Crippen LogP contribution < -0.4 is 5.32 Å². The second-order valence-corrected chi connectivity index (χ2v) is 6.05. The van der Waals surface area contributed by atoms with Gasteiger partial charge in [0, 0.05) is 36.1 Å². The molecule has 0 bridgehead atoms. The van der Waals surface area contributed by atoms with Crippen LogP contribution in [0.5, 0.6) is 0 Å². The maximum absolute atomic E-state index is 11.0. The molecule has 0 aliphatic carbocycles. The Bertz CT molecular complexity index is 633. The number of pyridine rings is 1. The predicted octanol–water partition coefficient (Wildman–Crippen LogP) is 3.99. The SMILES string of the molecule is CC(C)(C)CCNc1ccc([N+](=O)[O-])c2cnccc12. The molecule has 106 valence electrons. The van der Waals surface area contributed by atoms with E-state index < -0.39 is 0 Å². The van der Waals surface area contributed by atoms with Crippen molar-refractivity contribution in [3.8, 4) is 0 Å². The highest BCUT2D eigenvalue weighted by molar-refractivity contribution is 5.99. The molecule has 2 aromatic rings. The molecule has 0 unspecified atom stereocenters.